The van der Waals surface area contributed by atoms with Crippen LogP contribution in [0.25, 0.3) is 11.1 Å². The summed E-state index contributed by atoms with van der Waals surface area (Å²) in [4.78, 5) is 11.6. The summed E-state index contributed by atoms with van der Waals surface area (Å²) < 4.78 is 0. The minimum absolute atomic E-state index is 0.347. The fourth-order valence-corrected chi connectivity index (χ4v) is 3.30. The van der Waals surface area contributed by atoms with Crippen molar-refractivity contribution in [3.63, 3.8) is 0 Å². The summed E-state index contributed by atoms with van der Waals surface area (Å²) in [6, 6.07) is 5.10. The average molecular weight is 357 g/mol. The summed E-state index contributed by atoms with van der Waals surface area (Å²) in [7, 11) is 0. The molecule has 3 N–H and O–H groups in total. The van der Waals surface area contributed by atoms with Crippen LogP contribution in [0.2, 0.25) is 10.0 Å². The molecule has 22 heavy (non-hydrogen) atoms. The molecule has 1 aromatic carbocycles. The number of carbonyl (C=O) groups excluding carboxylic acids is 1. The number of carbonyl (C=O) groups is 1. The summed E-state index contributed by atoms with van der Waals surface area (Å²) in [6.45, 7) is 4.12. The second-order valence-electron chi connectivity index (χ2n) is 5.56. The molecule has 3 nitrogen and oxygen atoms in total. The van der Waals surface area contributed by atoms with Gasteiger partial charge in [0.25, 0.3) is 0 Å². The Hall–Kier alpha value is -1.23. The zero-order chi connectivity index (χ0) is 16.3. The first-order valence-electron chi connectivity index (χ1n) is 6.96. The Kier molecular flexibility index (Phi) is 5.73. The van der Waals surface area contributed by atoms with Crippen molar-refractivity contribution in [2.75, 3.05) is 5.32 Å². The zero-order valence-electron chi connectivity index (χ0n) is 12.4. The standard InChI is InChI=1S/C16H18Cl2N2OS/c1-9(2)5-14(16(19)21)20-15-8-22-7-11(15)10-3-4-12(17)13(18)6-10/h3-4,6-9,14,20H,5H2,1-2H3,(H2,19,21)/t14-/m0/s1. The van der Waals surface area contributed by atoms with E-state index in [0.29, 0.717) is 22.4 Å². The Morgan fingerprint density at radius 1 is 1.27 bits per heavy atom. The highest BCUT2D eigenvalue weighted by molar-refractivity contribution is 7.08. The van der Waals surface area contributed by atoms with E-state index in [0.717, 1.165) is 16.8 Å². The highest BCUT2D eigenvalue weighted by Crippen LogP contribution is 2.35. The topological polar surface area (TPSA) is 55.1 Å². The van der Waals surface area contributed by atoms with E-state index in [4.69, 9.17) is 28.9 Å². The van der Waals surface area contributed by atoms with Gasteiger partial charge in [0.1, 0.15) is 6.04 Å². The third kappa shape index (κ3) is 4.15. The fourth-order valence-electron chi connectivity index (χ4n) is 2.20. The summed E-state index contributed by atoms with van der Waals surface area (Å²) in [6.07, 6.45) is 0.687. The van der Waals surface area contributed by atoms with Gasteiger partial charge in [-0.3, -0.25) is 4.79 Å². The molecule has 0 radical (unpaired) electrons. The lowest BCUT2D eigenvalue weighted by molar-refractivity contribution is -0.119. The molecule has 1 heterocycles. The molecule has 1 aromatic heterocycles. The largest absolute Gasteiger partial charge is 0.373 e. The van der Waals surface area contributed by atoms with E-state index < -0.39 is 6.04 Å². The van der Waals surface area contributed by atoms with Crippen molar-refractivity contribution < 1.29 is 4.79 Å². The maximum absolute atomic E-state index is 11.6. The lowest BCUT2D eigenvalue weighted by atomic mass is 10.0. The Balaban J connectivity index is 2.28. The number of nitrogens with one attached hydrogen (secondary N) is 1. The van der Waals surface area contributed by atoms with Gasteiger partial charge in [-0.05, 0) is 30.0 Å². The van der Waals surface area contributed by atoms with E-state index >= 15 is 0 Å². The Bertz CT molecular complexity index is 670. The van der Waals surface area contributed by atoms with Gasteiger partial charge in [-0.2, -0.15) is 0 Å². The van der Waals surface area contributed by atoms with Crippen LogP contribution in [0.15, 0.2) is 29.0 Å². The summed E-state index contributed by atoms with van der Waals surface area (Å²) >= 11 is 13.6. The molecule has 0 spiro atoms. The van der Waals surface area contributed by atoms with Crippen LogP contribution in [0.4, 0.5) is 5.69 Å². The van der Waals surface area contributed by atoms with Crippen molar-refractivity contribution in [3.05, 3.63) is 39.0 Å². The van der Waals surface area contributed by atoms with Crippen LogP contribution in [-0.2, 0) is 4.79 Å². The predicted molar refractivity (Wildman–Crippen MR) is 95.8 cm³/mol. The average Bonchev–Trinajstić information content (AvgIpc) is 2.88. The molecule has 0 bridgehead atoms. The molecule has 0 fully saturated rings. The number of primary amides is 1. The van der Waals surface area contributed by atoms with Crippen LogP contribution in [0.1, 0.15) is 20.3 Å². The second kappa shape index (κ2) is 7.36. The summed E-state index contributed by atoms with van der Waals surface area (Å²) in [5.41, 5.74) is 8.31. The van der Waals surface area contributed by atoms with Crippen LogP contribution in [-0.4, -0.2) is 11.9 Å². The van der Waals surface area contributed by atoms with Gasteiger partial charge in [-0.1, -0.05) is 43.1 Å². The molecule has 0 aliphatic carbocycles. The van der Waals surface area contributed by atoms with Crippen molar-refractivity contribution in [3.8, 4) is 11.1 Å². The predicted octanol–water partition coefficient (Wildman–Crippen LogP) is 5.03. The molecule has 6 heteroatoms. The molecular weight excluding hydrogens is 339 g/mol. The number of amides is 1. The van der Waals surface area contributed by atoms with E-state index in [1.807, 2.05) is 22.9 Å². The van der Waals surface area contributed by atoms with Crippen molar-refractivity contribution in [2.45, 2.75) is 26.3 Å². The second-order valence-corrected chi connectivity index (χ2v) is 7.11. The van der Waals surface area contributed by atoms with Gasteiger partial charge in [0.05, 0.1) is 15.7 Å². The van der Waals surface area contributed by atoms with Crippen LogP contribution in [0, 0.1) is 5.92 Å². The SMILES string of the molecule is CC(C)C[C@H](Nc1cscc1-c1ccc(Cl)c(Cl)c1)C(N)=O. The number of benzene rings is 1. The van der Waals surface area contributed by atoms with E-state index in [9.17, 15) is 4.79 Å². The first-order chi connectivity index (χ1) is 10.4. The van der Waals surface area contributed by atoms with E-state index in [-0.39, 0.29) is 5.91 Å². The number of anilines is 1. The number of rotatable bonds is 6. The number of hydrogen-bond donors (Lipinski definition) is 2. The van der Waals surface area contributed by atoms with Crippen molar-refractivity contribution in [1.82, 2.24) is 0 Å². The van der Waals surface area contributed by atoms with Crippen LogP contribution >= 0.6 is 34.5 Å². The van der Waals surface area contributed by atoms with E-state index in [2.05, 4.69) is 19.2 Å². The van der Waals surface area contributed by atoms with E-state index in [1.165, 1.54) is 0 Å². The molecule has 0 aliphatic rings. The lowest BCUT2D eigenvalue weighted by Crippen LogP contribution is -2.36. The first kappa shape index (κ1) is 17.1. The molecule has 1 amide bonds. The Morgan fingerprint density at radius 3 is 2.59 bits per heavy atom. The Morgan fingerprint density at radius 2 is 2.00 bits per heavy atom. The van der Waals surface area contributed by atoms with Crippen LogP contribution in [0.5, 0.6) is 0 Å². The molecule has 2 aromatic rings. The highest BCUT2D eigenvalue weighted by atomic mass is 35.5. The molecule has 0 unspecified atom stereocenters. The third-order valence-corrected chi connectivity index (χ3v) is 4.76. The monoisotopic (exact) mass is 356 g/mol. The molecule has 0 saturated heterocycles. The van der Waals surface area contributed by atoms with Crippen molar-refractivity contribution >= 4 is 46.1 Å². The molecule has 118 valence electrons. The maximum Gasteiger partial charge on any atom is 0.239 e. The van der Waals surface area contributed by atoms with Gasteiger partial charge in [-0.25, -0.2) is 0 Å². The Labute approximate surface area is 144 Å². The smallest absolute Gasteiger partial charge is 0.239 e. The van der Waals surface area contributed by atoms with Gasteiger partial charge >= 0.3 is 0 Å². The van der Waals surface area contributed by atoms with Crippen LogP contribution < -0.4 is 11.1 Å². The maximum atomic E-state index is 11.6. The van der Waals surface area contributed by atoms with Gasteiger partial charge < -0.3 is 11.1 Å². The number of hydrogen-bond acceptors (Lipinski definition) is 3. The summed E-state index contributed by atoms with van der Waals surface area (Å²) in [5.74, 6) is 0.0250. The third-order valence-electron chi connectivity index (χ3n) is 3.27. The minimum atomic E-state index is -0.392. The lowest BCUT2D eigenvalue weighted by Gasteiger charge is -2.19. The molecule has 1 atom stereocenters. The van der Waals surface area contributed by atoms with Crippen molar-refractivity contribution in [1.29, 1.82) is 0 Å². The van der Waals surface area contributed by atoms with Gasteiger partial charge in [0.2, 0.25) is 5.91 Å². The van der Waals surface area contributed by atoms with Crippen molar-refractivity contribution in [2.24, 2.45) is 11.7 Å². The van der Waals surface area contributed by atoms with Crippen LogP contribution in [0.3, 0.4) is 0 Å². The number of thiophene rings is 1. The zero-order valence-corrected chi connectivity index (χ0v) is 14.7. The normalized spacial score (nSPS) is 12.4. The van der Waals surface area contributed by atoms with E-state index in [1.54, 1.807) is 17.4 Å². The van der Waals surface area contributed by atoms with Gasteiger partial charge in [-0.15, -0.1) is 11.3 Å². The molecule has 0 aliphatic heterocycles. The van der Waals surface area contributed by atoms with Gasteiger partial charge in [0.15, 0.2) is 0 Å². The highest BCUT2D eigenvalue weighted by Gasteiger charge is 2.19. The molecule has 2 rings (SSSR count). The minimum Gasteiger partial charge on any atom is -0.373 e. The number of halogens is 2. The van der Waals surface area contributed by atoms with Gasteiger partial charge in [0, 0.05) is 16.3 Å². The number of nitrogens with two attached hydrogens (primary N) is 1. The molecular formula is C16H18Cl2N2OS. The first-order valence-corrected chi connectivity index (χ1v) is 8.65. The summed E-state index contributed by atoms with van der Waals surface area (Å²) in [5, 5.41) is 8.25. The fraction of sp³-hybridized carbons (Fsp3) is 0.312. The molecule has 0 saturated carbocycles. The quantitative estimate of drug-likeness (QED) is 0.761.